The van der Waals surface area contributed by atoms with E-state index in [1.807, 2.05) is 0 Å². The van der Waals surface area contributed by atoms with Crippen LogP contribution in [0.25, 0.3) is 0 Å². The fraction of sp³-hybridized carbons (Fsp3) is 0. The Morgan fingerprint density at radius 2 is 2.57 bits per heavy atom. The summed E-state index contributed by atoms with van der Waals surface area (Å²) in [5.74, 6) is -0.220. The summed E-state index contributed by atoms with van der Waals surface area (Å²) in [5, 5.41) is 14.3. The molecule has 36 valence electrons. The van der Waals surface area contributed by atoms with E-state index in [0.717, 1.165) is 6.08 Å². The second-order valence-corrected chi connectivity index (χ2v) is 0.762. The first-order valence-electron chi connectivity index (χ1n) is 1.58. The molecule has 0 atom stereocenters. The molecule has 7 heavy (non-hydrogen) atoms. The normalized spacial score (nSPS) is 6.14. The van der Waals surface area contributed by atoms with Gasteiger partial charge in [-0.05, 0) is 6.08 Å². The molecule has 0 bridgehead atoms. The van der Waals surface area contributed by atoms with Gasteiger partial charge in [-0.25, -0.2) is 0 Å². The standard InChI is InChI=1S/C4H4N2O/c1-2-4(6)7-3-5/h2,6H,1H2. The molecule has 0 unspecified atom stereocenters. The molecular formula is C4H4N2O. The topological polar surface area (TPSA) is 56.9 Å². The SMILES string of the molecule is C=CC(=N)OC#N. The highest BCUT2D eigenvalue weighted by Gasteiger charge is 1.81. The minimum Gasteiger partial charge on any atom is -0.368 e. The molecule has 3 nitrogen and oxygen atoms in total. The molecule has 0 saturated heterocycles. The van der Waals surface area contributed by atoms with Crippen LogP contribution in [-0.4, -0.2) is 5.90 Å². The Kier molecular flexibility index (Phi) is 2.37. The molecule has 0 aliphatic heterocycles. The second-order valence-electron chi connectivity index (χ2n) is 0.762. The number of nitriles is 1. The zero-order valence-corrected chi connectivity index (χ0v) is 3.64. The largest absolute Gasteiger partial charge is 0.368 e. The molecule has 0 aromatic carbocycles. The summed E-state index contributed by atoms with van der Waals surface area (Å²) in [6, 6.07) is 0. The molecule has 1 N–H and O–H groups in total. The third kappa shape index (κ3) is 2.50. The average Bonchev–Trinajstić information content (AvgIpc) is 1.68. The minimum atomic E-state index is -0.220. The average molecular weight is 96.1 g/mol. The van der Waals surface area contributed by atoms with Crippen LogP contribution >= 0.6 is 0 Å². The number of ether oxygens (including phenoxy) is 1. The van der Waals surface area contributed by atoms with Crippen LogP contribution < -0.4 is 0 Å². The van der Waals surface area contributed by atoms with Gasteiger partial charge in [0.05, 0.1) is 0 Å². The van der Waals surface area contributed by atoms with Crippen molar-refractivity contribution >= 4 is 5.90 Å². The van der Waals surface area contributed by atoms with Crippen molar-refractivity contribution in [1.82, 2.24) is 0 Å². The van der Waals surface area contributed by atoms with Gasteiger partial charge in [0.1, 0.15) is 0 Å². The molecule has 0 heterocycles. The monoisotopic (exact) mass is 96.0 g/mol. The van der Waals surface area contributed by atoms with E-state index in [1.54, 1.807) is 0 Å². The number of nitrogens with zero attached hydrogens (tertiary/aromatic N) is 1. The van der Waals surface area contributed by atoms with E-state index in [2.05, 4.69) is 11.3 Å². The summed E-state index contributed by atoms with van der Waals surface area (Å²) in [4.78, 5) is 0. The van der Waals surface area contributed by atoms with Crippen LogP contribution in [0.4, 0.5) is 0 Å². The van der Waals surface area contributed by atoms with Crippen molar-refractivity contribution in [3.05, 3.63) is 12.7 Å². The molecule has 0 aromatic rings. The maximum Gasteiger partial charge on any atom is 0.293 e. The van der Waals surface area contributed by atoms with Gasteiger partial charge in [0.2, 0.25) is 5.90 Å². The van der Waals surface area contributed by atoms with Crippen molar-refractivity contribution in [1.29, 1.82) is 10.7 Å². The van der Waals surface area contributed by atoms with E-state index < -0.39 is 0 Å². The number of rotatable bonds is 1. The Hall–Kier alpha value is -1.30. The van der Waals surface area contributed by atoms with Crippen LogP contribution in [0, 0.1) is 16.9 Å². The van der Waals surface area contributed by atoms with Crippen molar-refractivity contribution < 1.29 is 4.74 Å². The zero-order chi connectivity index (χ0) is 5.70. The van der Waals surface area contributed by atoms with E-state index in [0.29, 0.717) is 0 Å². The van der Waals surface area contributed by atoms with E-state index in [1.165, 1.54) is 6.26 Å². The lowest BCUT2D eigenvalue weighted by atomic mass is 10.6. The molecule has 0 aliphatic carbocycles. The summed E-state index contributed by atoms with van der Waals surface area (Å²) in [6.45, 7) is 3.18. The highest BCUT2D eigenvalue weighted by Crippen LogP contribution is 1.72. The van der Waals surface area contributed by atoms with Gasteiger partial charge in [0.25, 0.3) is 6.26 Å². The summed E-state index contributed by atoms with van der Waals surface area (Å²) in [7, 11) is 0. The first-order chi connectivity index (χ1) is 3.31. The summed E-state index contributed by atoms with van der Waals surface area (Å²) < 4.78 is 3.96. The van der Waals surface area contributed by atoms with Gasteiger partial charge >= 0.3 is 0 Å². The molecule has 0 saturated carbocycles. The molecule has 0 amide bonds. The third-order valence-electron chi connectivity index (χ3n) is 0.341. The Bertz CT molecular complexity index is 122. The van der Waals surface area contributed by atoms with Crippen LogP contribution in [0.1, 0.15) is 0 Å². The van der Waals surface area contributed by atoms with Crippen LogP contribution in [0.15, 0.2) is 12.7 Å². The van der Waals surface area contributed by atoms with E-state index in [-0.39, 0.29) is 5.90 Å². The van der Waals surface area contributed by atoms with E-state index in [4.69, 9.17) is 10.7 Å². The van der Waals surface area contributed by atoms with Crippen LogP contribution in [0.5, 0.6) is 0 Å². The van der Waals surface area contributed by atoms with E-state index in [9.17, 15) is 0 Å². The predicted molar refractivity (Wildman–Crippen MR) is 24.6 cm³/mol. The molecule has 0 fully saturated rings. The second kappa shape index (κ2) is 2.91. The van der Waals surface area contributed by atoms with E-state index >= 15 is 0 Å². The highest BCUT2D eigenvalue weighted by molar-refractivity contribution is 5.84. The van der Waals surface area contributed by atoms with Gasteiger partial charge in [-0.3, -0.25) is 5.41 Å². The molecular weight excluding hydrogens is 92.1 g/mol. The molecule has 0 aromatic heterocycles. The predicted octanol–water partition coefficient (Wildman–Crippen LogP) is 0.647. The zero-order valence-electron chi connectivity index (χ0n) is 3.64. The maximum absolute atomic E-state index is 7.71. The minimum absolute atomic E-state index is 0.220. The summed E-state index contributed by atoms with van der Waals surface area (Å²) >= 11 is 0. The quantitative estimate of drug-likeness (QED) is 0.296. The lowest BCUT2D eigenvalue weighted by molar-refractivity contribution is 0.499. The number of nitrogens with one attached hydrogen (secondary N) is 1. The van der Waals surface area contributed by atoms with Crippen molar-refractivity contribution in [3.8, 4) is 6.26 Å². The lowest BCUT2D eigenvalue weighted by Crippen LogP contribution is -1.89. The van der Waals surface area contributed by atoms with Crippen molar-refractivity contribution in [2.45, 2.75) is 0 Å². The van der Waals surface area contributed by atoms with Crippen molar-refractivity contribution in [2.75, 3.05) is 0 Å². The number of hydrogen-bond acceptors (Lipinski definition) is 3. The maximum atomic E-state index is 7.71. The molecule has 0 spiro atoms. The van der Waals surface area contributed by atoms with Gasteiger partial charge in [-0.15, -0.1) is 5.26 Å². The van der Waals surface area contributed by atoms with Gasteiger partial charge in [-0.2, -0.15) is 0 Å². The van der Waals surface area contributed by atoms with Gasteiger partial charge < -0.3 is 4.74 Å². The van der Waals surface area contributed by atoms with Crippen LogP contribution in [0.2, 0.25) is 0 Å². The molecule has 3 heteroatoms. The van der Waals surface area contributed by atoms with Gasteiger partial charge in [0.15, 0.2) is 0 Å². The molecule has 0 aliphatic rings. The van der Waals surface area contributed by atoms with Crippen molar-refractivity contribution in [3.63, 3.8) is 0 Å². The molecule has 0 radical (unpaired) electrons. The van der Waals surface area contributed by atoms with Gasteiger partial charge in [0, 0.05) is 0 Å². The Labute approximate surface area is 41.3 Å². The van der Waals surface area contributed by atoms with Crippen molar-refractivity contribution in [2.24, 2.45) is 0 Å². The molecule has 0 rings (SSSR count). The Balaban J connectivity index is 3.42. The first kappa shape index (κ1) is 5.70. The first-order valence-corrected chi connectivity index (χ1v) is 1.58. The lowest BCUT2D eigenvalue weighted by Gasteiger charge is -1.82. The van der Waals surface area contributed by atoms with Gasteiger partial charge in [-0.1, -0.05) is 6.58 Å². The highest BCUT2D eigenvalue weighted by atomic mass is 16.5. The Morgan fingerprint density at radius 1 is 2.00 bits per heavy atom. The smallest absolute Gasteiger partial charge is 0.293 e. The fourth-order valence-corrected chi connectivity index (χ4v) is 0.0908. The van der Waals surface area contributed by atoms with Crippen LogP contribution in [0.3, 0.4) is 0 Å². The third-order valence-corrected chi connectivity index (χ3v) is 0.341. The fourth-order valence-electron chi connectivity index (χ4n) is 0.0908. The summed E-state index contributed by atoms with van der Waals surface area (Å²) in [6.07, 6.45) is 2.46. The summed E-state index contributed by atoms with van der Waals surface area (Å²) in [5.41, 5.74) is 0. The van der Waals surface area contributed by atoms with Crippen LogP contribution in [-0.2, 0) is 4.74 Å². The Morgan fingerprint density at radius 3 is 2.71 bits per heavy atom. The number of hydrogen-bond donors (Lipinski definition) is 1.